The molecular formula is C36H38N6O9. The van der Waals surface area contributed by atoms with E-state index in [4.69, 9.17) is 34.2 Å². The van der Waals surface area contributed by atoms with Gasteiger partial charge in [0.05, 0.1) is 11.1 Å². The summed E-state index contributed by atoms with van der Waals surface area (Å²) in [4.78, 5) is 52.6. The summed E-state index contributed by atoms with van der Waals surface area (Å²) in [5.74, 6) is 0.716. The van der Waals surface area contributed by atoms with Gasteiger partial charge in [-0.05, 0) is 78.8 Å². The Hall–Kier alpha value is -6.57. The number of isocyanates is 1. The molecule has 0 fully saturated rings. The third-order valence-electron chi connectivity index (χ3n) is 7.84. The van der Waals surface area contributed by atoms with Crippen molar-refractivity contribution in [2.75, 3.05) is 19.8 Å². The lowest BCUT2D eigenvalue weighted by Crippen LogP contribution is -2.42. The summed E-state index contributed by atoms with van der Waals surface area (Å²) >= 11 is 0. The van der Waals surface area contributed by atoms with Crippen molar-refractivity contribution in [3.63, 3.8) is 0 Å². The lowest BCUT2D eigenvalue weighted by molar-refractivity contribution is -0.0177. The second kappa shape index (κ2) is 19.4. The van der Waals surface area contributed by atoms with Crippen molar-refractivity contribution >= 4 is 30.0 Å². The summed E-state index contributed by atoms with van der Waals surface area (Å²) in [5, 5.41) is 25.6. The van der Waals surface area contributed by atoms with E-state index in [-0.39, 0.29) is 45.9 Å². The van der Waals surface area contributed by atoms with Gasteiger partial charge in [0.2, 0.25) is 6.08 Å². The fraction of sp³-hybridized carbons (Fsp3) is 0.333. The Bertz CT molecular complexity index is 1760. The highest BCUT2D eigenvalue weighted by molar-refractivity contribution is 5.68. The zero-order chi connectivity index (χ0) is 37.2. The van der Waals surface area contributed by atoms with E-state index >= 15 is 0 Å². The number of nitrogens with zero attached hydrogens (tertiary/aromatic N) is 3. The van der Waals surface area contributed by atoms with Gasteiger partial charge in [-0.3, -0.25) is 0 Å². The molecule has 0 saturated heterocycles. The molecule has 0 unspecified atom stereocenters. The van der Waals surface area contributed by atoms with Gasteiger partial charge in [-0.15, -0.1) is 10.5 Å². The number of aliphatic imine (C=N–C) groups is 1. The maximum absolute atomic E-state index is 12.7. The summed E-state index contributed by atoms with van der Waals surface area (Å²) in [6.07, 6.45) is 2.67. The number of nitriles is 2. The first-order valence-corrected chi connectivity index (χ1v) is 15.7. The quantitative estimate of drug-likeness (QED) is 0.0707. The minimum Gasteiger partial charge on any atom is -0.449 e. The molecule has 0 saturated carbocycles. The predicted molar refractivity (Wildman–Crippen MR) is 181 cm³/mol. The fourth-order valence-electron chi connectivity index (χ4n) is 4.52. The second-order valence-electron chi connectivity index (χ2n) is 11.6. The Labute approximate surface area is 295 Å². The summed E-state index contributed by atoms with van der Waals surface area (Å²) in [7, 11) is 0. The zero-order valence-corrected chi connectivity index (χ0v) is 28.7. The average molecular weight is 699 g/mol. The molecular weight excluding hydrogens is 660 g/mol. The minimum atomic E-state index is -1.14. The van der Waals surface area contributed by atoms with Crippen molar-refractivity contribution in [1.29, 1.82) is 10.5 Å². The maximum atomic E-state index is 12.7. The number of rotatable bonds is 16. The maximum Gasteiger partial charge on any atom is 0.407 e. The monoisotopic (exact) mass is 698 g/mol. The van der Waals surface area contributed by atoms with E-state index in [0.717, 1.165) is 16.7 Å². The van der Waals surface area contributed by atoms with E-state index < -0.39 is 23.7 Å². The molecule has 266 valence electrons. The Kier molecular flexibility index (Phi) is 14.8. The van der Waals surface area contributed by atoms with E-state index in [1.807, 2.05) is 0 Å². The van der Waals surface area contributed by atoms with Crippen molar-refractivity contribution in [3.05, 3.63) is 88.0 Å². The van der Waals surface area contributed by atoms with Gasteiger partial charge in [0.1, 0.15) is 31.3 Å². The third-order valence-corrected chi connectivity index (χ3v) is 7.84. The molecule has 0 radical (unpaired) electrons. The number of carbonyl (C=O) groups excluding carboxylic acids is 4. The molecule has 0 aliphatic carbocycles. The van der Waals surface area contributed by atoms with Crippen molar-refractivity contribution in [1.82, 2.24) is 16.0 Å². The zero-order valence-electron chi connectivity index (χ0n) is 28.7. The molecule has 0 spiro atoms. The first-order valence-electron chi connectivity index (χ1n) is 15.7. The number of hydrogen-bond acceptors (Lipinski definition) is 12. The van der Waals surface area contributed by atoms with Gasteiger partial charge in [0.15, 0.2) is 0 Å². The Morgan fingerprint density at radius 1 is 0.667 bits per heavy atom. The van der Waals surface area contributed by atoms with Crippen molar-refractivity contribution in [2.24, 2.45) is 10.4 Å². The van der Waals surface area contributed by atoms with E-state index in [0.29, 0.717) is 33.9 Å². The molecule has 3 rings (SSSR count). The van der Waals surface area contributed by atoms with Crippen LogP contribution in [0.4, 0.5) is 20.1 Å². The average Bonchev–Trinajstić information content (AvgIpc) is 3.12. The van der Waals surface area contributed by atoms with Crippen LogP contribution < -0.4 is 25.4 Å². The number of aryl methyl sites for hydroxylation is 3. The van der Waals surface area contributed by atoms with Crippen LogP contribution in [-0.4, -0.2) is 44.2 Å². The van der Waals surface area contributed by atoms with Crippen LogP contribution in [0.3, 0.4) is 0 Å². The van der Waals surface area contributed by atoms with Gasteiger partial charge in [-0.2, -0.15) is 4.99 Å². The van der Waals surface area contributed by atoms with Crippen molar-refractivity contribution < 1.29 is 42.9 Å². The lowest BCUT2D eigenvalue weighted by atomic mass is 9.88. The molecule has 3 N–H and O–H groups in total. The second-order valence-corrected chi connectivity index (χ2v) is 11.6. The molecule has 3 amide bonds. The smallest absolute Gasteiger partial charge is 0.407 e. The van der Waals surface area contributed by atoms with E-state index in [1.54, 1.807) is 94.8 Å². The summed E-state index contributed by atoms with van der Waals surface area (Å²) < 4.78 is 26.4. The molecule has 0 heterocycles. The summed E-state index contributed by atoms with van der Waals surface area (Å²) in [6, 6.07) is 15.4. The van der Waals surface area contributed by atoms with Crippen LogP contribution in [0, 0.1) is 49.2 Å². The SMILES string of the molecule is CCC(COC(=O)NCc1ccc(C)c(N=C=O)c1)(COC(=O)NCc1ccc(C)c(OC#N)c1)COC(=O)NCc1ccc(C)c(OC#N)c1. The van der Waals surface area contributed by atoms with Gasteiger partial charge in [0, 0.05) is 19.6 Å². The minimum absolute atomic E-state index is 0.0663. The molecule has 0 aliphatic rings. The highest BCUT2D eigenvalue weighted by atomic mass is 16.6. The van der Waals surface area contributed by atoms with Gasteiger partial charge >= 0.3 is 18.3 Å². The number of nitrogens with one attached hydrogen (secondary N) is 3. The van der Waals surface area contributed by atoms with Gasteiger partial charge in [-0.1, -0.05) is 43.3 Å². The van der Waals surface area contributed by atoms with E-state index in [2.05, 4.69) is 20.9 Å². The topological polar surface area (TPSA) is 210 Å². The van der Waals surface area contributed by atoms with Gasteiger partial charge in [-0.25, -0.2) is 19.2 Å². The molecule has 0 atom stereocenters. The molecule has 3 aromatic rings. The third kappa shape index (κ3) is 12.4. The molecule has 0 aromatic heterocycles. The highest BCUT2D eigenvalue weighted by Gasteiger charge is 2.34. The number of alkyl carbamates (subject to hydrolysis) is 3. The number of hydrogen-bond donors (Lipinski definition) is 3. The van der Waals surface area contributed by atoms with Crippen molar-refractivity contribution in [2.45, 2.75) is 53.8 Å². The number of benzene rings is 3. The first-order chi connectivity index (χ1) is 24.5. The van der Waals surface area contributed by atoms with Crippen LogP contribution >= 0.6 is 0 Å². The first kappa shape index (κ1) is 38.9. The summed E-state index contributed by atoms with van der Waals surface area (Å²) in [5.41, 5.74) is 3.51. The van der Waals surface area contributed by atoms with Crippen molar-refractivity contribution in [3.8, 4) is 24.0 Å². The molecule has 0 bridgehead atoms. The van der Waals surface area contributed by atoms with Crippen LogP contribution in [0.1, 0.15) is 46.7 Å². The Balaban J connectivity index is 1.64. The highest BCUT2D eigenvalue weighted by Crippen LogP contribution is 2.25. The van der Waals surface area contributed by atoms with Crippen LogP contribution in [0.25, 0.3) is 0 Å². The fourth-order valence-corrected chi connectivity index (χ4v) is 4.52. The largest absolute Gasteiger partial charge is 0.449 e. The van der Waals surface area contributed by atoms with Gasteiger partial charge in [0.25, 0.3) is 12.5 Å². The molecule has 15 nitrogen and oxygen atoms in total. The number of carbonyl (C=O) groups is 3. The lowest BCUT2D eigenvalue weighted by Gasteiger charge is -2.31. The predicted octanol–water partition coefficient (Wildman–Crippen LogP) is 5.77. The molecule has 15 heteroatoms. The van der Waals surface area contributed by atoms with Crippen LogP contribution in [0.2, 0.25) is 0 Å². The molecule has 51 heavy (non-hydrogen) atoms. The van der Waals surface area contributed by atoms with Crippen LogP contribution in [0.5, 0.6) is 11.5 Å². The van der Waals surface area contributed by atoms with E-state index in [9.17, 15) is 19.2 Å². The number of amides is 3. The van der Waals surface area contributed by atoms with Crippen LogP contribution in [-0.2, 0) is 38.6 Å². The van der Waals surface area contributed by atoms with E-state index in [1.165, 1.54) is 6.08 Å². The van der Waals surface area contributed by atoms with Gasteiger partial charge < -0.3 is 39.6 Å². The molecule has 0 aliphatic heterocycles. The normalized spacial score (nSPS) is 10.3. The summed E-state index contributed by atoms with van der Waals surface area (Å²) in [6.45, 7) is 6.44. The van der Waals surface area contributed by atoms with Crippen LogP contribution in [0.15, 0.2) is 59.6 Å². The number of ether oxygens (including phenoxy) is 5. The Morgan fingerprint density at radius 2 is 1.06 bits per heavy atom. The standard InChI is InChI=1S/C36H38N6O9/c1-5-36(18-47-33(44)39-15-27-9-6-24(2)30(12-27)42-23-43,19-48-34(45)40-16-28-10-7-25(3)31(13-28)50-21-37)20-49-35(46)41-17-29-11-8-26(4)32(14-29)51-22-38/h6-14H,5,15-20H2,1-4H3,(H,39,44)(H,40,45)(H,41,46). The molecule has 3 aromatic carbocycles. The Morgan fingerprint density at radius 3 is 1.43 bits per heavy atom.